The van der Waals surface area contributed by atoms with Crippen molar-refractivity contribution >= 4 is 40.5 Å². The van der Waals surface area contributed by atoms with Crippen molar-refractivity contribution in [3.63, 3.8) is 0 Å². The number of fused-ring (bicyclic) bond motifs is 1. The Morgan fingerprint density at radius 2 is 1.96 bits per heavy atom. The fraction of sp³-hybridized carbons (Fsp3) is 0.278. The number of hydrogen-bond donors (Lipinski definition) is 1. The number of para-hydroxylation sites is 2. The zero-order valence-corrected chi connectivity index (χ0v) is 14.8. The molecule has 0 saturated carbocycles. The van der Waals surface area contributed by atoms with Crippen LogP contribution in [0.2, 0.25) is 0 Å². The van der Waals surface area contributed by atoms with Crippen LogP contribution in [0.25, 0.3) is 0 Å². The molecule has 7 heteroatoms. The van der Waals surface area contributed by atoms with Crippen molar-refractivity contribution in [3.05, 3.63) is 46.7 Å². The van der Waals surface area contributed by atoms with E-state index in [4.69, 9.17) is 4.74 Å². The zero-order chi connectivity index (χ0) is 18.0. The van der Waals surface area contributed by atoms with Crippen molar-refractivity contribution < 1.29 is 19.1 Å². The number of anilines is 2. The Morgan fingerprint density at radius 1 is 1.20 bits per heavy atom. The maximum atomic E-state index is 12.7. The number of esters is 1. The summed E-state index contributed by atoms with van der Waals surface area (Å²) in [4.78, 5) is 39.2. The van der Waals surface area contributed by atoms with Crippen molar-refractivity contribution in [2.24, 2.45) is 0 Å². The molecule has 1 N–H and O–H groups in total. The molecule has 3 rings (SSSR count). The minimum absolute atomic E-state index is 0.130. The summed E-state index contributed by atoms with van der Waals surface area (Å²) in [5.74, 6) is -1.19. The number of thiophene rings is 1. The van der Waals surface area contributed by atoms with Gasteiger partial charge >= 0.3 is 5.97 Å². The number of carbonyl (C=O) groups is 3. The van der Waals surface area contributed by atoms with Crippen molar-refractivity contribution in [1.82, 2.24) is 0 Å². The molecule has 0 spiro atoms. The topological polar surface area (TPSA) is 75.7 Å². The highest BCUT2D eigenvalue weighted by atomic mass is 32.1. The predicted octanol–water partition coefficient (Wildman–Crippen LogP) is 2.60. The third-order valence-electron chi connectivity index (χ3n) is 4.01. The van der Waals surface area contributed by atoms with E-state index >= 15 is 0 Å². The Morgan fingerprint density at radius 3 is 2.68 bits per heavy atom. The number of ether oxygens (including phenoxy) is 1. The van der Waals surface area contributed by atoms with Crippen LogP contribution >= 0.6 is 11.3 Å². The van der Waals surface area contributed by atoms with E-state index in [0.29, 0.717) is 11.4 Å². The van der Waals surface area contributed by atoms with Crippen molar-refractivity contribution in [1.29, 1.82) is 0 Å². The fourth-order valence-electron chi connectivity index (χ4n) is 2.71. The SMILES string of the molecule is CC1(C)C(=O)Nc2ccccc2N1C(=O)COC(=O)Cc1cccs1. The monoisotopic (exact) mass is 358 g/mol. The molecule has 1 aromatic carbocycles. The summed E-state index contributed by atoms with van der Waals surface area (Å²) >= 11 is 1.46. The van der Waals surface area contributed by atoms with E-state index in [2.05, 4.69) is 5.32 Å². The number of nitrogens with one attached hydrogen (secondary N) is 1. The van der Waals surface area contributed by atoms with Gasteiger partial charge in [0.05, 0.1) is 17.8 Å². The lowest BCUT2D eigenvalue weighted by Gasteiger charge is -2.41. The minimum atomic E-state index is -1.08. The van der Waals surface area contributed by atoms with Gasteiger partial charge in [-0.15, -0.1) is 11.3 Å². The average Bonchev–Trinajstić information content (AvgIpc) is 3.06. The molecule has 0 atom stereocenters. The van der Waals surface area contributed by atoms with E-state index in [0.717, 1.165) is 4.88 Å². The molecule has 0 radical (unpaired) electrons. The number of carbonyl (C=O) groups excluding carboxylic acids is 3. The van der Waals surface area contributed by atoms with E-state index in [9.17, 15) is 14.4 Å². The van der Waals surface area contributed by atoms with E-state index < -0.39 is 24.0 Å². The summed E-state index contributed by atoms with van der Waals surface area (Å²) in [7, 11) is 0. The van der Waals surface area contributed by atoms with Gasteiger partial charge in [0.2, 0.25) is 5.91 Å². The molecule has 6 nitrogen and oxygen atoms in total. The quantitative estimate of drug-likeness (QED) is 0.853. The first-order chi connectivity index (χ1) is 11.9. The second-order valence-corrected chi connectivity index (χ2v) is 7.21. The molecule has 1 aromatic heterocycles. The van der Waals surface area contributed by atoms with Crippen molar-refractivity contribution in [2.75, 3.05) is 16.8 Å². The van der Waals surface area contributed by atoms with E-state index in [1.54, 1.807) is 38.1 Å². The Hall–Kier alpha value is -2.67. The minimum Gasteiger partial charge on any atom is -0.455 e. The van der Waals surface area contributed by atoms with Gasteiger partial charge in [0, 0.05) is 4.88 Å². The summed E-state index contributed by atoms with van der Waals surface area (Å²) in [6.07, 6.45) is 0.130. The first kappa shape index (κ1) is 17.2. The molecular weight excluding hydrogens is 340 g/mol. The Bertz CT molecular complexity index is 814. The number of rotatable bonds is 4. The molecule has 0 aliphatic carbocycles. The zero-order valence-electron chi connectivity index (χ0n) is 13.9. The highest BCUT2D eigenvalue weighted by Gasteiger charge is 2.43. The number of benzene rings is 1. The lowest BCUT2D eigenvalue weighted by Crippen LogP contribution is -2.59. The van der Waals surface area contributed by atoms with Crippen LogP contribution in [0, 0.1) is 0 Å². The van der Waals surface area contributed by atoms with Gasteiger partial charge in [0.25, 0.3) is 5.91 Å². The summed E-state index contributed by atoms with van der Waals surface area (Å²) in [6, 6.07) is 10.7. The molecule has 0 saturated heterocycles. The highest BCUT2D eigenvalue weighted by molar-refractivity contribution is 7.10. The summed E-state index contributed by atoms with van der Waals surface area (Å²) in [6.45, 7) is 2.91. The molecule has 2 amide bonds. The van der Waals surface area contributed by atoms with Crippen LogP contribution in [0.15, 0.2) is 41.8 Å². The molecule has 130 valence electrons. The van der Waals surface area contributed by atoms with Crippen LogP contribution in [0.5, 0.6) is 0 Å². The maximum Gasteiger partial charge on any atom is 0.311 e. The van der Waals surface area contributed by atoms with Gasteiger partial charge in [-0.1, -0.05) is 18.2 Å². The van der Waals surface area contributed by atoms with Gasteiger partial charge in [-0.3, -0.25) is 19.3 Å². The van der Waals surface area contributed by atoms with Crippen molar-refractivity contribution in [3.8, 4) is 0 Å². The molecule has 0 unspecified atom stereocenters. The first-order valence-electron chi connectivity index (χ1n) is 7.81. The standard InChI is InChI=1S/C18H18N2O4S/c1-18(2)17(23)19-13-7-3-4-8-14(13)20(18)15(21)11-24-16(22)10-12-6-5-9-25-12/h3-9H,10-11H2,1-2H3,(H,19,23). The normalized spacial score (nSPS) is 15.3. The van der Waals surface area contributed by atoms with E-state index in [1.807, 2.05) is 17.5 Å². The first-order valence-corrected chi connectivity index (χ1v) is 8.69. The third-order valence-corrected chi connectivity index (χ3v) is 4.89. The Labute approximate surface area is 149 Å². The average molecular weight is 358 g/mol. The van der Waals surface area contributed by atoms with Gasteiger partial charge < -0.3 is 10.1 Å². The van der Waals surface area contributed by atoms with Crippen LogP contribution in [0.1, 0.15) is 18.7 Å². The molecule has 0 bridgehead atoms. The lowest BCUT2D eigenvalue weighted by molar-refractivity contribution is -0.147. The van der Waals surface area contributed by atoms with Crippen LogP contribution in [0.4, 0.5) is 11.4 Å². The summed E-state index contributed by atoms with van der Waals surface area (Å²) < 4.78 is 5.12. The number of amides is 2. The van der Waals surface area contributed by atoms with Gasteiger partial charge in [0.1, 0.15) is 5.54 Å². The maximum absolute atomic E-state index is 12.7. The predicted molar refractivity (Wildman–Crippen MR) is 95.6 cm³/mol. The third kappa shape index (κ3) is 3.41. The van der Waals surface area contributed by atoms with Gasteiger partial charge in [0.15, 0.2) is 6.61 Å². The molecule has 1 aliphatic heterocycles. The fourth-order valence-corrected chi connectivity index (χ4v) is 3.40. The van der Waals surface area contributed by atoms with E-state index in [-0.39, 0.29) is 12.3 Å². The molecule has 2 aromatic rings. The second-order valence-electron chi connectivity index (χ2n) is 6.18. The van der Waals surface area contributed by atoms with Crippen LogP contribution in [0.3, 0.4) is 0 Å². The molecule has 1 aliphatic rings. The lowest BCUT2D eigenvalue weighted by atomic mass is 9.96. The van der Waals surface area contributed by atoms with Crippen LogP contribution in [-0.2, 0) is 25.5 Å². The van der Waals surface area contributed by atoms with Crippen LogP contribution in [-0.4, -0.2) is 29.9 Å². The molecule has 0 fully saturated rings. The van der Waals surface area contributed by atoms with Gasteiger partial charge in [-0.05, 0) is 37.4 Å². The Balaban J connectivity index is 1.74. The molecule has 25 heavy (non-hydrogen) atoms. The molecular formula is C18H18N2O4S. The number of hydrogen-bond acceptors (Lipinski definition) is 5. The summed E-state index contributed by atoms with van der Waals surface area (Å²) in [5, 5.41) is 4.66. The highest BCUT2D eigenvalue weighted by Crippen LogP contribution is 2.36. The van der Waals surface area contributed by atoms with Crippen molar-refractivity contribution in [2.45, 2.75) is 25.8 Å². The van der Waals surface area contributed by atoms with Crippen LogP contribution < -0.4 is 10.2 Å². The second kappa shape index (κ2) is 6.68. The van der Waals surface area contributed by atoms with E-state index in [1.165, 1.54) is 16.2 Å². The van der Waals surface area contributed by atoms with Gasteiger partial charge in [-0.25, -0.2) is 0 Å². The Kier molecular flexibility index (Phi) is 4.59. The summed E-state index contributed by atoms with van der Waals surface area (Å²) in [5.41, 5.74) is 0.0717. The number of nitrogens with zero attached hydrogens (tertiary/aromatic N) is 1. The largest absolute Gasteiger partial charge is 0.455 e. The molecule has 2 heterocycles. The smallest absolute Gasteiger partial charge is 0.311 e. The van der Waals surface area contributed by atoms with Gasteiger partial charge in [-0.2, -0.15) is 0 Å².